The lowest BCUT2D eigenvalue weighted by Crippen LogP contribution is -2.22. The molecule has 0 unspecified atom stereocenters. The van der Waals surface area contributed by atoms with Crippen LogP contribution in [0.3, 0.4) is 0 Å². The van der Waals surface area contributed by atoms with Crippen LogP contribution in [0.25, 0.3) is 0 Å². The van der Waals surface area contributed by atoms with Crippen molar-refractivity contribution in [2.45, 2.75) is 31.1 Å². The molecule has 108 valence electrons. The van der Waals surface area contributed by atoms with Gasteiger partial charge in [-0.15, -0.1) is 11.3 Å². The molecule has 2 rings (SSSR count). The SMILES string of the molecule is Cc1ccncc1CNS(=O)(=O)c1cc(C)c(CN)s1. The fourth-order valence-electron chi connectivity index (χ4n) is 1.75. The minimum absolute atomic E-state index is 0.233. The fourth-order valence-corrected chi connectivity index (χ4v) is 4.27. The first-order valence-electron chi connectivity index (χ1n) is 6.12. The summed E-state index contributed by atoms with van der Waals surface area (Å²) in [6.45, 7) is 4.38. The number of nitrogens with two attached hydrogens (primary N) is 1. The van der Waals surface area contributed by atoms with E-state index in [0.29, 0.717) is 10.8 Å². The van der Waals surface area contributed by atoms with Gasteiger partial charge in [-0.1, -0.05) is 0 Å². The van der Waals surface area contributed by atoms with E-state index in [4.69, 9.17) is 5.73 Å². The molecule has 0 aliphatic rings. The van der Waals surface area contributed by atoms with E-state index in [9.17, 15) is 8.42 Å². The first-order chi connectivity index (χ1) is 9.44. The summed E-state index contributed by atoms with van der Waals surface area (Å²) in [6, 6.07) is 3.51. The van der Waals surface area contributed by atoms with Crippen LogP contribution in [0.4, 0.5) is 0 Å². The Labute approximate surface area is 122 Å². The Kier molecular flexibility index (Phi) is 4.54. The van der Waals surface area contributed by atoms with Gasteiger partial charge < -0.3 is 5.73 Å². The first kappa shape index (κ1) is 15.1. The van der Waals surface area contributed by atoms with Crippen molar-refractivity contribution in [1.29, 1.82) is 0 Å². The van der Waals surface area contributed by atoms with Gasteiger partial charge in [0.15, 0.2) is 0 Å². The second kappa shape index (κ2) is 6.01. The highest BCUT2D eigenvalue weighted by Gasteiger charge is 2.18. The van der Waals surface area contributed by atoms with E-state index in [2.05, 4.69) is 9.71 Å². The molecule has 0 aliphatic heterocycles. The standard InChI is InChI=1S/C13H17N3O2S2/c1-9-3-4-15-7-11(9)8-16-20(17,18)13-5-10(2)12(6-14)19-13/h3-5,7,16H,6,8,14H2,1-2H3. The van der Waals surface area contributed by atoms with Crippen molar-refractivity contribution in [1.82, 2.24) is 9.71 Å². The first-order valence-corrected chi connectivity index (χ1v) is 8.42. The van der Waals surface area contributed by atoms with E-state index >= 15 is 0 Å². The number of aryl methyl sites for hydroxylation is 2. The summed E-state index contributed by atoms with van der Waals surface area (Å²) in [5.74, 6) is 0. The minimum Gasteiger partial charge on any atom is -0.326 e. The Hall–Kier alpha value is -1.28. The molecule has 0 bridgehead atoms. The number of rotatable bonds is 5. The lowest BCUT2D eigenvalue weighted by atomic mass is 10.2. The average Bonchev–Trinajstić information content (AvgIpc) is 2.80. The van der Waals surface area contributed by atoms with Crippen LogP contribution in [-0.4, -0.2) is 13.4 Å². The average molecular weight is 311 g/mol. The van der Waals surface area contributed by atoms with Gasteiger partial charge in [-0.25, -0.2) is 13.1 Å². The third-order valence-corrected chi connectivity index (χ3v) is 6.18. The second-order valence-corrected chi connectivity index (χ2v) is 7.63. The maximum Gasteiger partial charge on any atom is 0.250 e. The van der Waals surface area contributed by atoms with Gasteiger partial charge in [0.2, 0.25) is 10.0 Å². The highest BCUT2D eigenvalue weighted by molar-refractivity contribution is 7.91. The largest absolute Gasteiger partial charge is 0.326 e. The van der Waals surface area contributed by atoms with Crippen molar-refractivity contribution in [3.8, 4) is 0 Å². The van der Waals surface area contributed by atoms with Gasteiger partial charge in [0.25, 0.3) is 0 Å². The Morgan fingerprint density at radius 1 is 1.35 bits per heavy atom. The number of nitrogens with zero attached hydrogens (tertiary/aromatic N) is 1. The van der Waals surface area contributed by atoms with Gasteiger partial charge >= 0.3 is 0 Å². The molecule has 0 spiro atoms. The summed E-state index contributed by atoms with van der Waals surface area (Å²) in [7, 11) is -3.50. The number of hydrogen-bond donors (Lipinski definition) is 2. The van der Waals surface area contributed by atoms with Crippen LogP contribution in [0.15, 0.2) is 28.7 Å². The molecule has 3 N–H and O–H groups in total. The summed E-state index contributed by atoms with van der Waals surface area (Å²) in [5, 5.41) is 0. The molecular weight excluding hydrogens is 294 g/mol. The Morgan fingerprint density at radius 2 is 2.10 bits per heavy atom. The minimum atomic E-state index is -3.50. The molecule has 0 fully saturated rings. The zero-order valence-corrected chi connectivity index (χ0v) is 13.0. The Morgan fingerprint density at radius 3 is 2.70 bits per heavy atom. The molecule has 0 saturated heterocycles. The van der Waals surface area contributed by atoms with E-state index in [-0.39, 0.29) is 6.54 Å². The molecule has 2 aromatic heterocycles. The van der Waals surface area contributed by atoms with Crippen LogP contribution in [0.5, 0.6) is 0 Å². The lowest BCUT2D eigenvalue weighted by Gasteiger charge is -2.06. The molecule has 0 saturated carbocycles. The molecular formula is C13H17N3O2S2. The molecule has 0 aliphatic carbocycles. The highest BCUT2D eigenvalue weighted by atomic mass is 32.2. The van der Waals surface area contributed by atoms with Gasteiger partial charge in [-0.2, -0.15) is 0 Å². The number of nitrogens with one attached hydrogen (secondary N) is 1. The van der Waals surface area contributed by atoms with Crippen LogP contribution in [-0.2, 0) is 23.1 Å². The van der Waals surface area contributed by atoms with Crippen molar-refractivity contribution < 1.29 is 8.42 Å². The quantitative estimate of drug-likeness (QED) is 0.880. The van der Waals surface area contributed by atoms with Crippen molar-refractivity contribution in [2.24, 2.45) is 5.73 Å². The monoisotopic (exact) mass is 311 g/mol. The number of hydrogen-bond acceptors (Lipinski definition) is 5. The van der Waals surface area contributed by atoms with Crippen molar-refractivity contribution in [3.05, 3.63) is 46.1 Å². The molecule has 0 aromatic carbocycles. The van der Waals surface area contributed by atoms with Crippen molar-refractivity contribution in [2.75, 3.05) is 0 Å². The topological polar surface area (TPSA) is 85.1 Å². The number of aromatic nitrogens is 1. The Bertz CT molecular complexity index is 708. The van der Waals surface area contributed by atoms with E-state index in [1.807, 2.05) is 19.9 Å². The number of pyridine rings is 1. The summed E-state index contributed by atoms with van der Waals surface area (Å²) in [4.78, 5) is 4.89. The van der Waals surface area contributed by atoms with Gasteiger partial charge in [0, 0.05) is 30.4 Å². The molecule has 0 atom stereocenters. The molecule has 7 heteroatoms. The maximum atomic E-state index is 12.2. The van der Waals surface area contributed by atoms with Gasteiger partial charge in [-0.3, -0.25) is 4.98 Å². The van der Waals surface area contributed by atoms with E-state index in [1.54, 1.807) is 18.5 Å². The third kappa shape index (κ3) is 3.24. The fraction of sp³-hybridized carbons (Fsp3) is 0.308. The van der Waals surface area contributed by atoms with Gasteiger partial charge in [0.05, 0.1) is 0 Å². The summed E-state index contributed by atoms with van der Waals surface area (Å²) in [5.41, 5.74) is 8.36. The van der Waals surface area contributed by atoms with E-state index in [1.165, 1.54) is 11.3 Å². The van der Waals surface area contributed by atoms with Gasteiger partial charge in [0.1, 0.15) is 4.21 Å². The molecule has 2 aromatic rings. The zero-order valence-electron chi connectivity index (χ0n) is 11.4. The second-order valence-electron chi connectivity index (χ2n) is 4.50. The van der Waals surface area contributed by atoms with Crippen molar-refractivity contribution >= 4 is 21.4 Å². The molecule has 0 amide bonds. The predicted molar refractivity (Wildman–Crippen MR) is 79.9 cm³/mol. The van der Waals surface area contributed by atoms with E-state index < -0.39 is 10.0 Å². The van der Waals surface area contributed by atoms with Crippen LogP contribution < -0.4 is 10.5 Å². The van der Waals surface area contributed by atoms with Gasteiger partial charge in [-0.05, 0) is 42.7 Å². The highest BCUT2D eigenvalue weighted by Crippen LogP contribution is 2.25. The smallest absolute Gasteiger partial charge is 0.250 e. The van der Waals surface area contributed by atoms with Crippen LogP contribution in [0, 0.1) is 13.8 Å². The summed E-state index contributed by atoms with van der Waals surface area (Å²) < 4.78 is 27.4. The lowest BCUT2D eigenvalue weighted by molar-refractivity contribution is 0.583. The Balaban J connectivity index is 2.17. The number of sulfonamides is 1. The summed E-state index contributed by atoms with van der Waals surface area (Å²) >= 11 is 1.21. The van der Waals surface area contributed by atoms with Crippen molar-refractivity contribution in [3.63, 3.8) is 0 Å². The third-order valence-electron chi connectivity index (χ3n) is 3.05. The number of thiophene rings is 1. The molecule has 0 radical (unpaired) electrons. The molecule has 2 heterocycles. The zero-order chi connectivity index (χ0) is 14.8. The van der Waals surface area contributed by atoms with Crippen LogP contribution in [0.2, 0.25) is 0 Å². The van der Waals surface area contributed by atoms with E-state index in [0.717, 1.165) is 21.6 Å². The molecule has 5 nitrogen and oxygen atoms in total. The molecule has 20 heavy (non-hydrogen) atoms. The van der Waals surface area contributed by atoms with Crippen LogP contribution in [0.1, 0.15) is 21.6 Å². The van der Waals surface area contributed by atoms with Crippen LogP contribution >= 0.6 is 11.3 Å². The predicted octanol–water partition coefficient (Wildman–Crippen LogP) is 1.70. The normalized spacial score (nSPS) is 11.8. The summed E-state index contributed by atoms with van der Waals surface area (Å²) in [6.07, 6.45) is 3.35. The maximum absolute atomic E-state index is 12.2.